The Morgan fingerprint density at radius 2 is 1.91 bits per heavy atom. The summed E-state index contributed by atoms with van der Waals surface area (Å²) in [6.07, 6.45) is 5.04. The predicted octanol–water partition coefficient (Wildman–Crippen LogP) is 2.26. The van der Waals surface area contributed by atoms with Gasteiger partial charge in [0.1, 0.15) is 0 Å². The smallest absolute Gasteiger partial charge is 0.254 e. The molecule has 2 aromatic heterocycles. The number of carbonyl (C=O) groups is 1. The summed E-state index contributed by atoms with van der Waals surface area (Å²) in [5.74, 6) is -0.148. The van der Waals surface area contributed by atoms with E-state index in [1.165, 1.54) is 0 Å². The van der Waals surface area contributed by atoms with E-state index in [1.54, 1.807) is 23.3 Å². The number of pyridine rings is 1. The van der Waals surface area contributed by atoms with Gasteiger partial charge in [-0.25, -0.2) is 0 Å². The number of hydrogen-bond acceptors (Lipinski definition) is 3. The van der Waals surface area contributed by atoms with Crippen LogP contribution in [0.5, 0.6) is 0 Å². The molecule has 0 saturated heterocycles. The Balaban J connectivity index is 1.60. The van der Waals surface area contributed by atoms with Crippen molar-refractivity contribution in [3.8, 4) is 0 Å². The molecule has 22 heavy (non-hydrogen) atoms. The van der Waals surface area contributed by atoms with Crippen LogP contribution in [0.15, 0.2) is 67.1 Å². The first-order chi connectivity index (χ1) is 10.8. The minimum Gasteiger partial charge on any atom is -0.346 e. The summed E-state index contributed by atoms with van der Waals surface area (Å²) in [6.45, 7) is 1.05. The van der Waals surface area contributed by atoms with E-state index in [4.69, 9.17) is 0 Å². The van der Waals surface area contributed by atoms with Gasteiger partial charge in [-0.2, -0.15) is 5.10 Å². The van der Waals surface area contributed by atoms with Crippen molar-refractivity contribution in [2.75, 3.05) is 0 Å². The van der Waals surface area contributed by atoms with Crippen molar-refractivity contribution < 1.29 is 4.79 Å². The van der Waals surface area contributed by atoms with Gasteiger partial charge in [0.15, 0.2) is 0 Å². The van der Waals surface area contributed by atoms with Gasteiger partial charge < -0.3 is 5.32 Å². The summed E-state index contributed by atoms with van der Waals surface area (Å²) >= 11 is 0. The highest BCUT2D eigenvalue weighted by molar-refractivity contribution is 5.93. The first kappa shape index (κ1) is 14.0. The van der Waals surface area contributed by atoms with Crippen LogP contribution in [0, 0.1) is 0 Å². The van der Waals surface area contributed by atoms with Gasteiger partial charge in [0.05, 0.1) is 30.5 Å². The number of amides is 1. The van der Waals surface area contributed by atoms with Gasteiger partial charge in [-0.3, -0.25) is 14.5 Å². The van der Waals surface area contributed by atoms with Crippen molar-refractivity contribution in [2.45, 2.75) is 13.1 Å². The molecule has 0 aliphatic heterocycles. The van der Waals surface area contributed by atoms with Crippen LogP contribution < -0.4 is 5.32 Å². The molecule has 5 nitrogen and oxygen atoms in total. The first-order valence-electron chi connectivity index (χ1n) is 7.06. The average molecular weight is 292 g/mol. The Hall–Kier alpha value is -2.95. The average Bonchev–Trinajstić information content (AvgIpc) is 3.03. The highest BCUT2D eigenvalue weighted by Crippen LogP contribution is 2.04. The van der Waals surface area contributed by atoms with Crippen molar-refractivity contribution in [2.24, 2.45) is 0 Å². The molecule has 2 heterocycles. The van der Waals surface area contributed by atoms with Crippen molar-refractivity contribution in [1.29, 1.82) is 0 Å². The van der Waals surface area contributed by atoms with Crippen LogP contribution in [0.3, 0.4) is 0 Å². The van der Waals surface area contributed by atoms with Crippen LogP contribution in [-0.4, -0.2) is 20.7 Å². The van der Waals surface area contributed by atoms with Crippen molar-refractivity contribution in [1.82, 2.24) is 20.1 Å². The number of nitrogens with zero attached hydrogens (tertiary/aromatic N) is 3. The maximum atomic E-state index is 12.1. The first-order valence-corrected chi connectivity index (χ1v) is 7.06. The van der Waals surface area contributed by atoms with Crippen LogP contribution in [-0.2, 0) is 13.1 Å². The van der Waals surface area contributed by atoms with E-state index < -0.39 is 0 Å². The molecule has 3 aromatic rings. The summed E-state index contributed by atoms with van der Waals surface area (Å²) in [4.78, 5) is 16.3. The summed E-state index contributed by atoms with van der Waals surface area (Å²) in [5, 5.41) is 7.07. The highest BCUT2D eigenvalue weighted by Gasteiger charge is 2.08. The second kappa shape index (κ2) is 6.67. The molecule has 110 valence electrons. The molecule has 0 radical (unpaired) electrons. The Morgan fingerprint density at radius 3 is 2.68 bits per heavy atom. The summed E-state index contributed by atoms with van der Waals surface area (Å²) in [6, 6.07) is 15.6. The topological polar surface area (TPSA) is 59.8 Å². The molecule has 3 rings (SSSR count). The molecule has 0 bridgehead atoms. The lowest BCUT2D eigenvalue weighted by Crippen LogP contribution is -2.22. The lowest BCUT2D eigenvalue weighted by molar-refractivity contribution is 0.0950. The van der Waals surface area contributed by atoms with Crippen molar-refractivity contribution >= 4 is 5.91 Å². The zero-order chi connectivity index (χ0) is 15.2. The van der Waals surface area contributed by atoms with Gasteiger partial charge in [-0.1, -0.05) is 36.4 Å². The van der Waals surface area contributed by atoms with Gasteiger partial charge in [-0.05, 0) is 17.7 Å². The molecule has 1 aromatic carbocycles. The molecular weight excluding hydrogens is 276 g/mol. The van der Waals surface area contributed by atoms with Crippen molar-refractivity contribution in [3.05, 3.63) is 83.9 Å². The minimum atomic E-state index is -0.148. The summed E-state index contributed by atoms with van der Waals surface area (Å²) in [7, 11) is 0. The van der Waals surface area contributed by atoms with Crippen LogP contribution in [0.25, 0.3) is 0 Å². The molecule has 0 spiro atoms. The Labute approximate surface area is 128 Å². The zero-order valence-electron chi connectivity index (χ0n) is 12.0. The Bertz CT molecular complexity index is 738. The SMILES string of the molecule is O=C(NCc1ccccn1)c1cnn(Cc2ccccc2)c1. The number of benzene rings is 1. The molecule has 0 aliphatic carbocycles. The van der Waals surface area contributed by atoms with E-state index >= 15 is 0 Å². The second-order valence-electron chi connectivity index (χ2n) is 4.92. The summed E-state index contributed by atoms with van der Waals surface area (Å²) < 4.78 is 1.75. The van der Waals surface area contributed by atoms with E-state index in [0.29, 0.717) is 18.7 Å². The lowest BCUT2D eigenvalue weighted by Gasteiger charge is -2.03. The molecular formula is C17H16N4O. The van der Waals surface area contributed by atoms with Crippen LogP contribution in [0.4, 0.5) is 0 Å². The maximum absolute atomic E-state index is 12.1. The van der Waals surface area contributed by atoms with Gasteiger partial charge in [0.25, 0.3) is 5.91 Å². The predicted molar refractivity (Wildman–Crippen MR) is 83.2 cm³/mol. The molecule has 1 N–H and O–H groups in total. The third-order valence-corrected chi connectivity index (χ3v) is 3.24. The number of aromatic nitrogens is 3. The van der Waals surface area contributed by atoms with E-state index in [1.807, 2.05) is 48.5 Å². The maximum Gasteiger partial charge on any atom is 0.254 e. The zero-order valence-corrected chi connectivity index (χ0v) is 12.0. The van der Waals surface area contributed by atoms with Gasteiger partial charge in [-0.15, -0.1) is 0 Å². The standard InChI is InChI=1S/C17H16N4O/c22-17(19-11-16-8-4-5-9-18-16)15-10-20-21(13-15)12-14-6-2-1-3-7-14/h1-10,13H,11-12H2,(H,19,22). The number of nitrogens with one attached hydrogen (secondary N) is 1. The van der Waals surface area contributed by atoms with Crippen LogP contribution >= 0.6 is 0 Å². The normalized spacial score (nSPS) is 10.4. The minimum absolute atomic E-state index is 0.148. The fourth-order valence-electron chi connectivity index (χ4n) is 2.11. The molecule has 0 fully saturated rings. The van der Waals surface area contributed by atoms with Gasteiger partial charge in [0, 0.05) is 12.4 Å². The van der Waals surface area contributed by atoms with E-state index in [0.717, 1.165) is 11.3 Å². The third-order valence-electron chi connectivity index (χ3n) is 3.24. The van der Waals surface area contributed by atoms with E-state index in [2.05, 4.69) is 15.4 Å². The largest absolute Gasteiger partial charge is 0.346 e. The molecule has 1 amide bonds. The second-order valence-corrected chi connectivity index (χ2v) is 4.92. The van der Waals surface area contributed by atoms with E-state index in [-0.39, 0.29) is 5.91 Å². The number of rotatable bonds is 5. The monoisotopic (exact) mass is 292 g/mol. The molecule has 0 saturated carbocycles. The molecule has 5 heteroatoms. The quantitative estimate of drug-likeness (QED) is 0.784. The Morgan fingerprint density at radius 1 is 1.09 bits per heavy atom. The van der Waals surface area contributed by atoms with Gasteiger partial charge in [0.2, 0.25) is 0 Å². The number of hydrogen-bond donors (Lipinski definition) is 1. The fraction of sp³-hybridized carbons (Fsp3) is 0.118. The van der Waals surface area contributed by atoms with E-state index in [9.17, 15) is 4.79 Å². The number of carbonyl (C=O) groups excluding carboxylic acids is 1. The van der Waals surface area contributed by atoms with Crippen LogP contribution in [0.1, 0.15) is 21.6 Å². The third kappa shape index (κ3) is 3.58. The highest BCUT2D eigenvalue weighted by atomic mass is 16.1. The molecule has 0 atom stereocenters. The summed E-state index contributed by atoms with van der Waals surface area (Å²) in [5.41, 5.74) is 2.52. The van der Waals surface area contributed by atoms with Gasteiger partial charge >= 0.3 is 0 Å². The van der Waals surface area contributed by atoms with Crippen LogP contribution in [0.2, 0.25) is 0 Å². The fourth-order valence-corrected chi connectivity index (χ4v) is 2.11. The van der Waals surface area contributed by atoms with Crippen molar-refractivity contribution in [3.63, 3.8) is 0 Å². The molecule has 0 unspecified atom stereocenters. The Kier molecular flexibility index (Phi) is 4.25. The molecule has 0 aliphatic rings. The lowest BCUT2D eigenvalue weighted by atomic mass is 10.2.